The molecule has 0 aliphatic rings. The molecule has 0 atom stereocenters. The Kier molecular flexibility index (Phi) is 13.1. The Morgan fingerprint density at radius 1 is 0.885 bits per heavy atom. The average Bonchev–Trinajstić information content (AvgIpc) is 2.63. The van der Waals surface area contributed by atoms with Crippen LogP contribution in [-0.4, -0.2) is 64.0 Å². The summed E-state index contributed by atoms with van der Waals surface area (Å²) in [6, 6.07) is 6.30. The Labute approximate surface area is 175 Å². The van der Waals surface area contributed by atoms with Crippen molar-refractivity contribution in [2.24, 2.45) is 0 Å². The van der Waals surface area contributed by atoms with Crippen molar-refractivity contribution in [2.45, 2.75) is 6.61 Å². The minimum absolute atomic E-state index is 0.0489. The number of hydrogen-bond acceptors (Lipinski definition) is 5. The highest BCUT2D eigenvalue weighted by Crippen LogP contribution is 2.46. The van der Waals surface area contributed by atoms with Gasteiger partial charge in [0.2, 0.25) is 0 Å². The van der Waals surface area contributed by atoms with Gasteiger partial charge in [0, 0.05) is 61.8 Å². The van der Waals surface area contributed by atoms with E-state index < -0.39 is 13.4 Å². The third-order valence-corrected chi connectivity index (χ3v) is 6.15. The average molecular weight is 465 g/mol. The van der Waals surface area contributed by atoms with Gasteiger partial charge in [-0.1, -0.05) is 0 Å². The van der Waals surface area contributed by atoms with Gasteiger partial charge in [-0.05, 0) is 17.7 Å². The van der Waals surface area contributed by atoms with Crippen molar-refractivity contribution in [3.05, 3.63) is 39.9 Å². The van der Waals surface area contributed by atoms with E-state index in [1.165, 1.54) is 12.1 Å². The first-order valence-electron chi connectivity index (χ1n) is 7.97. The SMILES string of the molecule is O=[N+]([O-])c1ccc(COP(N(CCCl)CCCl)N(CCCl)CCCl)cc1. The molecule has 1 rings (SSSR count). The van der Waals surface area contributed by atoms with Crippen LogP contribution in [0.15, 0.2) is 24.3 Å². The highest BCUT2D eigenvalue weighted by Gasteiger charge is 2.26. The van der Waals surface area contributed by atoms with Gasteiger partial charge in [-0.25, -0.2) is 9.34 Å². The predicted octanol–water partition coefficient (Wildman–Crippen LogP) is 4.90. The number of nitro benzene ring substituents is 1. The number of alkyl halides is 4. The van der Waals surface area contributed by atoms with E-state index in [0.717, 1.165) is 5.56 Å². The normalized spacial score (nSPS) is 11.7. The first-order valence-corrected chi connectivity index (χ1v) is 11.3. The Hall–Kier alpha value is 0.0900. The summed E-state index contributed by atoms with van der Waals surface area (Å²) < 4.78 is 10.4. The molecule has 1 aromatic rings. The maximum Gasteiger partial charge on any atom is 0.269 e. The molecule has 0 radical (unpaired) electrons. The van der Waals surface area contributed by atoms with Crippen molar-refractivity contribution in [3.8, 4) is 0 Å². The molecule has 11 heteroatoms. The number of hydrogen-bond donors (Lipinski definition) is 0. The molecular formula is C15H22Cl4N3O3P. The molecule has 0 saturated heterocycles. The highest BCUT2D eigenvalue weighted by atomic mass is 35.5. The topological polar surface area (TPSA) is 58.9 Å². The molecular weight excluding hydrogens is 443 g/mol. The molecule has 0 aromatic heterocycles. The molecule has 0 aliphatic heterocycles. The van der Waals surface area contributed by atoms with E-state index in [0.29, 0.717) is 56.3 Å². The van der Waals surface area contributed by atoms with E-state index in [4.69, 9.17) is 50.9 Å². The molecule has 0 bridgehead atoms. The summed E-state index contributed by atoms with van der Waals surface area (Å²) in [6.45, 7) is 2.82. The second-order valence-electron chi connectivity index (χ2n) is 5.11. The first-order chi connectivity index (χ1) is 12.6. The highest BCUT2D eigenvalue weighted by molar-refractivity contribution is 7.47. The lowest BCUT2D eigenvalue weighted by molar-refractivity contribution is -0.384. The van der Waals surface area contributed by atoms with Crippen LogP contribution in [0.5, 0.6) is 0 Å². The zero-order valence-corrected chi connectivity index (χ0v) is 18.1. The van der Waals surface area contributed by atoms with Crippen LogP contribution in [-0.2, 0) is 11.1 Å². The Morgan fingerprint density at radius 2 is 1.31 bits per heavy atom. The van der Waals surface area contributed by atoms with Gasteiger partial charge in [0.25, 0.3) is 5.69 Å². The molecule has 0 aliphatic carbocycles. The molecule has 0 heterocycles. The number of nitro groups is 1. The largest absolute Gasteiger partial charge is 0.326 e. The Balaban J connectivity index is 2.89. The predicted molar refractivity (Wildman–Crippen MR) is 111 cm³/mol. The summed E-state index contributed by atoms with van der Waals surface area (Å²) >= 11 is 23.7. The zero-order valence-electron chi connectivity index (χ0n) is 14.2. The van der Waals surface area contributed by atoms with Gasteiger partial charge in [0.1, 0.15) is 0 Å². The number of halogens is 4. The van der Waals surface area contributed by atoms with E-state index >= 15 is 0 Å². The summed E-state index contributed by atoms with van der Waals surface area (Å²) in [7, 11) is -1.16. The van der Waals surface area contributed by atoms with Gasteiger partial charge < -0.3 is 4.52 Å². The van der Waals surface area contributed by atoms with E-state index in [-0.39, 0.29) is 5.69 Å². The summed E-state index contributed by atoms with van der Waals surface area (Å²) in [5, 5.41) is 10.8. The van der Waals surface area contributed by atoms with Crippen LogP contribution in [0.1, 0.15) is 5.56 Å². The third kappa shape index (κ3) is 8.41. The molecule has 0 unspecified atom stereocenters. The van der Waals surface area contributed by atoms with Gasteiger partial charge >= 0.3 is 0 Å². The third-order valence-electron chi connectivity index (χ3n) is 3.35. The molecule has 0 N–H and O–H groups in total. The number of benzene rings is 1. The summed E-state index contributed by atoms with van der Waals surface area (Å²) in [5.41, 5.74) is 0.893. The molecule has 0 spiro atoms. The van der Waals surface area contributed by atoms with Crippen molar-refractivity contribution < 1.29 is 9.45 Å². The van der Waals surface area contributed by atoms with Gasteiger partial charge in [-0.15, -0.1) is 46.4 Å². The summed E-state index contributed by atoms with van der Waals surface area (Å²) in [6.07, 6.45) is 0. The van der Waals surface area contributed by atoms with Crippen molar-refractivity contribution in [1.82, 2.24) is 9.34 Å². The van der Waals surface area contributed by atoms with Crippen LogP contribution in [0, 0.1) is 10.1 Å². The fourth-order valence-electron chi connectivity index (χ4n) is 2.14. The standard InChI is InChI=1S/C15H22Cl4N3O3P/c16-5-9-20(10-6-17)26(21(11-7-18)12-8-19)25-13-14-1-3-15(4-2-14)22(23)24/h1-4H,5-13H2. The Bertz CT molecular complexity index is 499. The van der Waals surface area contributed by atoms with Gasteiger partial charge in [0.15, 0.2) is 8.45 Å². The number of rotatable bonds is 14. The molecule has 148 valence electrons. The van der Waals surface area contributed by atoms with Crippen molar-refractivity contribution >= 4 is 60.5 Å². The van der Waals surface area contributed by atoms with E-state index in [9.17, 15) is 10.1 Å². The Morgan fingerprint density at radius 3 is 1.65 bits per heavy atom. The maximum atomic E-state index is 10.8. The second kappa shape index (κ2) is 14.1. The zero-order chi connectivity index (χ0) is 19.4. The van der Waals surface area contributed by atoms with Gasteiger partial charge in [-0.2, -0.15) is 0 Å². The molecule has 6 nitrogen and oxygen atoms in total. The minimum atomic E-state index is -1.16. The van der Waals surface area contributed by atoms with E-state index in [2.05, 4.69) is 9.34 Å². The van der Waals surface area contributed by atoms with Crippen LogP contribution in [0.4, 0.5) is 5.69 Å². The second-order valence-corrected chi connectivity index (χ2v) is 8.52. The van der Waals surface area contributed by atoms with Crippen molar-refractivity contribution in [2.75, 3.05) is 49.7 Å². The van der Waals surface area contributed by atoms with Gasteiger partial charge in [0.05, 0.1) is 11.5 Å². The van der Waals surface area contributed by atoms with Crippen LogP contribution in [0.2, 0.25) is 0 Å². The van der Waals surface area contributed by atoms with E-state index in [1.54, 1.807) is 12.1 Å². The van der Waals surface area contributed by atoms with Crippen molar-refractivity contribution in [3.63, 3.8) is 0 Å². The van der Waals surface area contributed by atoms with Crippen LogP contribution < -0.4 is 0 Å². The van der Waals surface area contributed by atoms with Crippen LogP contribution >= 0.6 is 54.9 Å². The monoisotopic (exact) mass is 463 g/mol. The first kappa shape index (κ1) is 24.1. The van der Waals surface area contributed by atoms with Crippen molar-refractivity contribution in [1.29, 1.82) is 0 Å². The fourth-order valence-corrected chi connectivity index (χ4v) is 5.47. The smallest absolute Gasteiger partial charge is 0.269 e. The molecule has 0 amide bonds. The lowest BCUT2D eigenvalue weighted by atomic mass is 10.2. The van der Waals surface area contributed by atoms with Crippen LogP contribution in [0.3, 0.4) is 0 Å². The molecule has 0 fully saturated rings. The molecule has 26 heavy (non-hydrogen) atoms. The van der Waals surface area contributed by atoms with Gasteiger partial charge in [-0.3, -0.25) is 10.1 Å². The lowest BCUT2D eigenvalue weighted by Gasteiger charge is -2.37. The quantitative estimate of drug-likeness (QED) is 0.169. The maximum absolute atomic E-state index is 10.8. The fraction of sp³-hybridized carbons (Fsp3) is 0.600. The number of nitrogens with zero attached hydrogens (tertiary/aromatic N) is 3. The summed E-state index contributed by atoms with van der Waals surface area (Å²) in [4.78, 5) is 10.3. The lowest BCUT2D eigenvalue weighted by Crippen LogP contribution is -2.34. The molecule has 1 aromatic carbocycles. The molecule has 0 saturated carbocycles. The van der Waals surface area contributed by atoms with E-state index in [1.807, 2.05) is 0 Å². The summed E-state index contributed by atoms with van der Waals surface area (Å²) in [5.74, 6) is 1.80. The number of non-ortho nitro benzene ring substituents is 1. The minimum Gasteiger partial charge on any atom is -0.326 e. The van der Waals surface area contributed by atoms with Crippen LogP contribution in [0.25, 0.3) is 0 Å².